The van der Waals surface area contributed by atoms with Crippen molar-refractivity contribution >= 4 is 41.0 Å². The molecule has 0 saturated heterocycles. The first kappa shape index (κ1) is 31.4. The van der Waals surface area contributed by atoms with Gasteiger partial charge < -0.3 is 37.3 Å². The van der Waals surface area contributed by atoms with Gasteiger partial charge in [-0.2, -0.15) is 0 Å². The number of nitrogens with one attached hydrogen (secondary N) is 3. The van der Waals surface area contributed by atoms with Crippen molar-refractivity contribution < 1.29 is 29.0 Å². The van der Waals surface area contributed by atoms with Crippen molar-refractivity contribution in [2.24, 2.45) is 16.5 Å². The molecule has 2 rings (SSSR count). The third kappa shape index (κ3) is 15.3. The number of rotatable bonds is 8. The Balaban J connectivity index is 0.00000155. The van der Waals surface area contributed by atoms with E-state index in [1.54, 1.807) is 49.6 Å². The number of methoxy groups -OCH3 is 1. The van der Waals surface area contributed by atoms with Crippen LogP contribution in [0.3, 0.4) is 0 Å². The van der Waals surface area contributed by atoms with E-state index in [1.165, 1.54) is 12.5 Å². The zero-order valence-corrected chi connectivity index (χ0v) is 20.8. The van der Waals surface area contributed by atoms with E-state index in [0.717, 1.165) is 6.92 Å². The summed E-state index contributed by atoms with van der Waals surface area (Å²) in [5.41, 5.74) is 11.9. The topological polar surface area (TPSA) is 198 Å². The molecule has 0 bridgehead atoms. The lowest BCUT2D eigenvalue weighted by atomic mass is 10.2. The maximum atomic E-state index is 12.1. The predicted molar refractivity (Wildman–Crippen MR) is 138 cm³/mol. The highest BCUT2D eigenvalue weighted by Crippen LogP contribution is 2.15. The maximum absolute atomic E-state index is 12.1. The minimum Gasteiger partial charge on any atom is -0.497 e. The molecule has 12 heteroatoms. The van der Waals surface area contributed by atoms with Crippen LogP contribution >= 0.6 is 0 Å². The number of hydrogen-bond acceptors (Lipinski definition) is 6. The highest BCUT2D eigenvalue weighted by molar-refractivity contribution is 5.98. The van der Waals surface area contributed by atoms with Crippen molar-refractivity contribution in [3.8, 4) is 5.75 Å². The molecule has 0 heterocycles. The van der Waals surface area contributed by atoms with Crippen LogP contribution in [0.15, 0.2) is 53.5 Å². The first-order valence-electron chi connectivity index (χ1n) is 10.9. The highest BCUT2D eigenvalue weighted by Gasteiger charge is 2.10. The van der Waals surface area contributed by atoms with E-state index in [9.17, 15) is 14.4 Å². The smallest absolute Gasteiger partial charge is 0.300 e. The second kappa shape index (κ2) is 17.8. The number of benzene rings is 2. The van der Waals surface area contributed by atoms with Crippen molar-refractivity contribution in [2.75, 3.05) is 25.5 Å². The Morgan fingerprint density at radius 2 is 1.50 bits per heavy atom. The van der Waals surface area contributed by atoms with Crippen LogP contribution in [0, 0.1) is 0 Å². The maximum Gasteiger partial charge on any atom is 0.300 e. The Kier molecular flexibility index (Phi) is 15.5. The number of guanidine groups is 1. The minimum atomic E-state index is -0.833. The highest BCUT2D eigenvalue weighted by atomic mass is 16.5. The molecule has 0 atom stereocenters. The van der Waals surface area contributed by atoms with Gasteiger partial charge in [-0.25, -0.2) is 4.99 Å². The van der Waals surface area contributed by atoms with Gasteiger partial charge in [-0.3, -0.25) is 19.2 Å². The van der Waals surface area contributed by atoms with Crippen LogP contribution in [0.1, 0.15) is 37.6 Å². The lowest BCUT2D eigenvalue weighted by Gasteiger charge is -2.09. The molecule has 0 aromatic heterocycles. The van der Waals surface area contributed by atoms with Crippen molar-refractivity contribution in [2.45, 2.75) is 27.2 Å². The normalized spacial score (nSPS) is 9.11. The minimum absolute atomic E-state index is 0.130. The third-order valence-electron chi connectivity index (χ3n) is 3.60. The molecule has 8 N–H and O–H groups in total. The number of ether oxygens (including phenoxy) is 1. The lowest BCUT2D eigenvalue weighted by Crippen LogP contribution is -2.40. The molecule has 2 aromatic carbocycles. The van der Waals surface area contributed by atoms with Crippen LogP contribution in [0.4, 0.5) is 11.4 Å². The molecule has 0 aliphatic carbocycles. The number of carboxylic acids is 1. The summed E-state index contributed by atoms with van der Waals surface area (Å²) in [6, 6.07) is 13.0. The summed E-state index contributed by atoms with van der Waals surface area (Å²) in [5.74, 6) is -1.69. The van der Waals surface area contributed by atoms with Gasteiger partial charge >= 0.3 is 0 Å². The molecule has 0 aliphatic heterocycles. The summed E-state index contributed by atoms with van der Waals surface area (Å²) in [7, 11) is 1.54. The van der Waals surface area contributed by atoms with Crippen molar-refractivity contribution in [1.82, 2.24) is 10.6 Å². The van der Waals surface area contributed by atoms with E-state index in [0.29, 0.717) is 17.1 Å². The van der Waals surface area contributed by atoms with Gasteiger partial charge in [0.1, 0.15) is 5.75 Å². The SMILES string of the molecule is CC(=O)O.CCC.COc1ccc(NC(=O)CNC(=O)CNC(=O)c2cccc(N=C(N)N)c2)cc1. The largest absolute Gasteiger partial charge is 0.497 e. The number of anilines is 1. The van der Waals surface area contributed by atoms with Gasteiger partial charge in [0.25, 0.3) is 11.9 Å². The predicted octanol–water partition coefficient (Wildman–Crippen LogP) is 1.59. The molecule has 36 heavy (non-hydrogen) atoms. The summed E-state index contributed by atoms with van der Waals surface area (Å²) in [6.07, 6.45) is 1.25. The van der Waals surface area contributed by atoms with Crippen LogP contribution in [0.2, 0.25) is 0 Å². The Hall–Kier alpha value is -4.61. The molecule has 0 unspecified atom stereocenters. The number of carbonyl (C=O) groups is 4. The van der Waals surface area contributed by atoms with Crippen LogP contribution in [-0.2, 0) is 14.4 Å². The quantitative estimate of drug-likeness (QED) is 0.231. The average Bonchev–Trinajstić information content (AvgIpc) is 2.81. The number of carbonyl (C=O) groups excluding carboxylic acids is 3. The number of hydrogen-bond donors (Lipinski definition) is 6. The van der Waals surface area contributed by atoms with E-state index in [4.69, 9.17) is 26.1 Å². The van der Waals surface area contributed by atoms with Gasteiger partial charge in [0.2, 0.25) is 11.8 Å². The molecule has 0 radical (unpaired) electrons. The van der Waals surface area contributed by atoms with Crippen molar-refractivity contribution in [1.29, 1.82) is 0 Å². The molecule has 0 saturated carbocycles. The van der Waals surface area contributed by atoms with Gasteiger partial charge in [0, 0.05) is 18.2 Å². The van der Waals surface area contributed by atoms with Crippen LogP contribution in [0.5, 0.6) is 5.75 Å². The number of nitrogens with zero attached hydrogens (tertiary/aromatic N) is 1. The monoisotopic (exact) mass is 502 g/mol. The Bertz CT molecular complexity index is 1020. The summed E-state index contributed by atoms with van der Waals surface area (Å²) in [5, 5.41) is 14.9. The van der Waals surface area contributed by atoms with E-state index < -0.39 is 23.7 Å². The van der Waals surface area contributed by atoms with E-state index in [2.05, 4.69) is 34.8 Å². The van der Waals surface area contributed by atoms with Gasteiger partial charge in [-0.1, -0.05) is 26.3 Å². The van der Waals surface area contributed by atoms with Crippen LogP contribution < -0.4 is 32.2 Å². The first-order chi connectivity index (χ1) is 17.0. The molecule has 0 aliphatic rings. The van der Waals surface area contributed by atoms with E-state index in [-0.39, 0.29) is 24.6 Å². The van der Waals surface area contributed by atoms with Gasteiger partial charge in [-0.05, 0) is 42.5 Å². The van der Waals surface area contributed by atoms with Gasteiger partial charge in [0.15, 0.2) is 5.96 Å². The number of amides is 3. The molecule has 12 nitrogen and oxygen atoms in total. The fraction of sp³-hybridized carbons (Fsp3) is 0.292. The average molecular weight is 503 g/mol. The Labute approximate surface area is 210 Å². The fourth-order valence-corrected chi connectivity index (χ4v) is 2.25. The number of carboxylic acid groups (broad SMARTS) is 1. The standard InChI is InChI=1S/C19H22N6O4.C3H8.C2H4O2/c1-29-15-7-5-13(6-8-15)24-17(27)11-22-16(26)10-23-18(28)12-3-2-4-14(9-12)25-19(20)21;1-3-2;1-2(3)4/h2-9H,10-11H2,1H3,(H,22,26)(H,23,28)(H,24,27)(H4,20,21,25);3H2,1-2H3;1H3,(H,3,4). The summed E-state index contributed by atoms with van der Waals surface area (Å²) >= 11 is 0. The summed E-state index contributed by atoms with van der Waals surface area (Å²) in [6.45, 7) is 4.81. The summed E-state index contributed by atoms with van der Waals surface area (Å²) in [4.78, 5) is 48.7. The van der Waals surface area contributed by atoms with Crippen molar-refractivity contribution in [3.63, 3.8) is 0 Å². The van der Waals surface area contributed by atoms with E-state index in [1.807, 2.05) is 0 Å². The molecule has 196 valence electrons. The Morgan fingerprint density at radius 1 is 0.944 bits per heavy atom. The van der Waals surface area contributed by atoms with Crippen LogP contribution in [-0.4, -0.2) is 55.0 Å². The Morgan fingerprint density at radius 3 is 2.03 bits per heavy atom. The molecular formula is C24H34N6O6. The number of aliphatic imine (C=N–C) groups is 1. The third-order valence-corrected chi connectivity index (χ3v) is 3.60. The molecule has 3 amide bonds. The summed E-state index contributed by atoms with van der Waals surface area (Å²) < 4.78 is 5.03. The zero-order valence-electron chi connectivity index (χ0n) is 20.8. The van der Waals surface area contributed by atoms with E-state index >= 15 is 0 Å². The first-order valence-corrected chi connectivity index (χ1v) is 10.9. The second-order valence-corrected chi connectivity index (χ2v) is 7.05. The molecular weight excluding hydrogens is 468 g/mol. The lowest BCUT2D eigenvalue weighted by molar-refractivity contribution is -0.134. The fourth-order valence-electron chi connectivity index (χ4n) is 2.25. The number of aliphatic carboxylic acids is 1. The molecule has 2 aromatic rings. The molecule has 0 spiro atoms. The van der Waals surface area contributed by atoms with Gasteiger partial charge in [0.05, 0.1) is 25.9 Å². The van der Waals surface area contributed by atoms with Crippen molar-refractivity contribution in [3.05, 3.63) is 54.1 Å². The second-order valence-electron chi connectivity index (χ2n) is 7.05. The zero-order chi connectivity index (χ0) is 27.5. The number of nitrogens with two attached hydrogens (primary N) is 2. The molecule has 0 fully saturated rings. The van der Waals surface area contributed by atoms with Gasteiger partial charge in [-0.15, -0.1) is 0 Å². The van der Waals surface area contributed by atoms with Crippen LogP contribution in [0.25, 0.3) is 0 Å².